The van der Waals surface area contributed by atoms with Crippen LogP contribution in [0, 0.1) is 0 Å². The molecule has 104 valence electrons. The zero-order valence-electron chi connectivity index (χ0n) is 12.3. The van der Waals surface area contributed by atoms with Crippen LogP contribution in [-0.2, 0) is 4.79 Å². The summed E-state index contributed by atoms with van der Waals surface area (Å²) in [6.45, 7) is 7.27. The first-order valence-electron chi connectivity index (χ1n) is 7.19. The highest BCUT2D eigenvalue weighted by atomic mass is 16.1. The molecule has 1 aromatic carbocycles. The number of hydrogen-bond acceptors (Lipinski definition) is 1. The van der Waals surface area contributed by atoms with Gasteiger partial charge >= 0.3 is 0 Å². The van der Waals surface area contributed by atoms with Crippen molar-refractivity contribution in [1.29, 1.82) is 0 Å². The van der Waals surface area contributed by atoms with Crippen molar-refractivity contribution >= 4 is 12.0 Å². The van der Waals surface area contributed by atoms with Crippen LogP contribution in [-0.4, -0.2) is 12.5 Å². The van der Waals surface area contributed by atoms with Crippen LogP contribution in [0.1, 0.15) is 57.1 Å². The summed E-state index contributed by atoms with van der Waals surface area (Å²) in [6, 6.07) is 8.33. The number of amides is 1. The van der Waals surface area contributed by atoms with E-state index in [0.717, 1.165) is 18.5 Å². The van der Waals surface area contributed by atoms with Gasteiger partial charge in [0.25, 0.3) is 0 Å². The lowest BCUT2D eigenvalue weighted by Crippen LogP contribution is -2.21. The van der Waals surface area contributed by atoms with Crippen LogP contribution in [0.4, 0.5) is 0 Å². The Hall–Kier alpha value is -1.57. The number of benzene rings is 1. The monoisotopic (exact) mass is 259 g/mol. The van der Waals surface area contributed by atoms with Crippen LogP contribution in [0.3, 0.4) is 0 Å². The quantitative estimate of drug-likeness (QED) is 0.579. The van der Waals surface area contributed by atoms with Crippen LogP contribution < -0.4 is 5.32 Å². The van der Waals surface area contributed by atoms with E-state index in [1.165, 1.54) is 18.4 Å². The van der Waals surface area contributed by atoms with Crippen molar-refractivity contribution in [3.05, 3.63) is 41.5 Å². The fraction of sp³-hybridized carbons (Fsp3) is 0.471. The van der Waals surface area contributed by atoms with Gasteiger partial charge in [0.05, 0.1) is 0 Å². The second kappa shape index (κ2) is 8.52. The second-order valence-corrected chi connectivity index (χ2v) is 5.15. The molecule has 0 fully saturated rings. The average Bonchev–Trinajstić information content (AvgIpc) is 2.42. The van der Waals surface area contributed by atoms with Gasteiger partial charge in [-0.1, -0.05) is 57.9 Å². The topological polar surface area (TPSA) is 29.1 Å². The highest BCUT2D eigenvalue weighted by Gasteiger charge is 1.98. The lowest BCUT2D eigenvalue weighted by Gasteiger charge is -2.04. The normalized spacial score (nSPS) is 11.2. The number of hydrogen-bond donors (Lipinski definition) is 1. The zero-order chi connectivity index (χ0) is 14.1. The molecule has 1 N–H and O–H groups in total. The van der Waals surface area contributed by atoms with Gasteiger partial charge in [-0.15, -0.1) is 0 Å². The van der Waals surface area contributed by atoms with E-state index in [4.69, 9.17) is 0 Å². The van der Waals surface area contributed by atoms with Gasteiger partial charge in [-0.05, 0) is 29.5 Å². The molecule has 1 aromatic rings. The summed E-state index contributed by atoms with van der Waals surface area (Å²) in [4.78, 5) is 11.6. The predicted octanol–water partition coefficient (Wildman–Crippen LogP) is 4.13. The van der Waals surface area contributed by atoms with Gasteiger partial charge in [0.1, 0.15) is 0 Å². The van der Waals surface area contributed by atoms with Crippen LogP contribution >= 0.6 is 0 Å². The summed E-state index contributed by atoms with van der Waals surface area (Å²) in [6.07, 6.45) is 6.86. The molecule has 0 aliphatic carbocycles. The molecule has 0 heterocycles. The molecule has 2 nitrogen and oxygen atoms in total. The number of carbonyl (C=O) groups excluding carboxylic acids is 1. The molecule has 0 spiro atoms. The maximum Gasteiger partial charge on any atom is 0.243 e. The Balaban J connectivity index is 2.40. The van der Waals surface area contributed by atoms with Crippen molar-refractivity contribution < 1.29 is 4.79 Å². The minimum Gasteiger partial charge on any atom is -0.353 e. The Morgan fingerprint density at radius 1 is 1.21 bits per heavy atom. The summed E-state index contributed by atoms with van der Waals surface area (Å²) >= 11 is 0. The summed E-state index contributed by atoms with van der Waals surface area (Å²) in [5, 5.41) is 2.89. The van der Waals surface area contributed by atoms with Crippen LogP contribution in [0.5, 0.6) is 0 Å². The predicted molar refractivity (Wildman–Crippen MR) is 82.1 cm³/mol. The van der Waals surface area contributed by atoms with Crippen molar-refractivity contribution in [2.24, 2.45) is 0 Å². The van der Waals surface area contributed by atoms with Crippen molar-refractivity contribution in [1.82, 2.24) is 5.32 Å². The fourth-order valence-electron chi connectivity index (χ4n) is 1.81. The first-order valence-corrected chi connectivity index (χ1v) is 7.19. The van der Waals surface area contributed by atoms with Crippen molar-refractivity contribution in [3.63, 3.8) is 0 Å². The maximum absolute atomic E-state index is 11.6. The molecule has 2 heteroatoms. The van der Waals surface area contributed by atoms with E-state index in [2.05, 4.69) is 50.4 Å². The molecule has 0 saturated heterocycles. The molecule has 0 unspecified atom stereocenters. The van der Waals surface area contributed by atoms with E-state index < -0.39 is 0 Å². The van der Waals surface area contributed by atoms with Gasteiger partial charge in [0.2, 0.25) is 5.91 Å². The summed E-state index contributed by atoms with van der Waals surface area (Å²) < 4.78 is 0. The molecule has 19 heavy (non-hydrogen) atoms. The molecule has 0 bridgehead atoms. The molecular formula is C17H25NO. The van der Waals surface area contributed by atoms with Gasteiger partial charge in [0, 0.05) is 12.6 Å². The molecule has 1 rings (SSSR count). The third kappa shape index (κ3) is 6.23. The molecule has 0 aliphatic heterocycles. The van der Waals surface area contributed by atoms with Crippen LogP contribution in [0.2, 0.25) is 0 Å². The highest BCUT2D eigenvalue weighted by Crippen LogP contribution is 2.15. The molecule has 0 aromatic heterocycles. The van der Waals surface area contributed by atoms with Gasteiger partial charge in [0.15, 0.2) is 0 Å². The molecule has 0 saturated carbocycles. The summed E-state index contributed by atoms with van der Waals surface area (Å²) in [7, 11) is 0. The van der Waals surface area contributed by atoms with Gasteiger partial charge in [-0.25, -0.2) is 0 Å². The largest absolute Gasteiger partial charge is 0.353 e. The van der Waals surface area contributed by atoms with Crippen molar-refractivity contribution in [2.75, 3.05) is 6.54 Å². The first kappa shape index (κ1) is 15.5. The smallest absolute Gasteiger partial charge is 0.243 e. The Bertz CT molecular complexity index is 404. The van der Waals surface area contributed by atoms with Crippen LogP contribution in [0.15, 0.2) is 30.3 Å². The van der Waals surface area contributed by atoms with E-state index in [1.807, 2.05) is 6.08 Å². The van der Waals surface area contributed by atoms with Gasteiger partial charge < -0.3 is 5.32 Å². The van der Waals surface area contributed by atoms with Gasteiger partial charge in [-0.2, -0.15) is 0 Å². The average molecular weight is 259 g/mol. The van der Waals surface area contributed by atoms with Crippen molar-refractivity contribution in [3.8, 4) is 0 Å². The lowest BCUT2D eigenvalue weighted by atomic mass is 10.0. The minimum atomic E-state index is -0.0101. The number of unbranched alkanes of at least 4 members (excludes halogenated alkanes) is 2. The Kier molecular flexibility index (Phi) is 6.94. The molecule has 0 radical (unpaired) electrons. The Morgan fingerprint density at radius 2 is 1.89 bits per heavy atom. The van der Waals surface area contributed by atoms with E-state index in [1.54, 1.807) is 6.08 Å². The third-order valence-electron chi connectivity index (χ3n) is 3.11. The van der Waals surface area contributed by atoms with E-state index >= 15 is 0 Å². The minimum absolute atomic E-state index is 0.0101. The fourth-order valence-corrected chi connectivity index (χ4v) is 1.81. The maximum atomic E-state index is 11.6. The zero-order valence-corrected chi connectivity index (χ0v) is 12.3. The van der Waals surface area contributed by atoms with E-state index in [-0.39, 0.29) is 5.91 Å². The molecule has 0 atom stereocenters. The standard InChI is InChI=1S/C17H25NO/c1-4-5-6-13-18-17(19)12-9-15-7-10-16(11-8-15)14(2)3/h7-12,14H,4-6,13H2,1-3H3,(H,18,19). The number of nitrogens with one attached hydrogen (secondary N) is 1. The highest BCUT2D eigenvalue weighted by molar-refractivity contribution is 5.91. The summed E-state index contributed by atoms with van der Waals surface area (Å²) in [5.74, 6) is 0.531. The number of carbonyl (C=O) groups is 1. The Morgan fingerprint density at radius 3 is 2.47 bits per heavy atom. The third-order valence-corrected chi connectivity index (χ3v) is 3.11. The molecule has 0 aliphatic rings. The molecular weight excluding hydrogens is 234 g/mol. The van der Waals surface area contributed by atoms with E-state index in [9.17, 15) is 4.79 Å². The van der Waals surface area contributed by atoms with Crippen LogP contribution in [0.25, 0.3) is 6.08 Å². The Labute approximate surface area is 116 Å². The van der Waals surface area contributed by atoms with Crippen molar-refractivity contribution in [2.45, 2.75) is 46.0 Å². The van der Waals surface area contributed by atoms with E-state index in [0.29, 0.717) is 5.92 Å². The van der Waals surface area contributed by atoms with Gasteiger partial charge in [-0.3, -0.25) is 4.79 Å². The number of rotatable bonds is 7. The second-order valence-electron chi connectivity index (χ2n) is 5.15. The lowest BCUT2D eigenvalue weighted by molar-refractivity contribution is -0.116. The molecule has 1 amide bonds. The SMILES string of the molecule is CCCCCNC(=O)C=Cc1ccc(C(C)C)cc1. The summed E-state index contributed by atoms with van der Waals surface area (Å²) in [5.41, 5.74) is 2.38. The first-order chi connectivity index (χ1) is 9.13.